The van der Waals surface area contributed by atoms with Crippen molar-refractivity contribution in [3.63, 3.8) is 0 Å². The zero-order chi connectivity index (χ0) is 11.5. The van der Waals surface area contributed by atoms with Crippen molar-refractivity contribution in [1.29, 1.82) is 0 Å². The molecule has 1 aliphatic rings. The lowest BCUT2D eigenvalue weighted by atomic mass is 9.97. The average molecular weight is 218 g/mol. The smallest absolute Gasteiger partial charge is 0.317 e. The van der Waals surface area contributed by atoms with E-state index in [1.54, 1.807) is 7.05 Å². The maximum absolute atomic E-state index is 11.5. The minimum absolute atomic E-state index is 0.0209. The number of carbonyl (C=O) groups is 1. The standard InChI is InChI=1S/C13H18N2O/c1-3-10-4-5-11-6-7-15(13(16)14-2)9-12(11)8-10/h4-5,8H,3,6-7,9H2,1-2H3,(H,14,16). The number of carbonyl (C=O) groups excluding carboxylic acids is 1. The Morgan fingerprint density at radius 3 is 2.94 bits per heavy atom. The van der Waals surface area contributed by atoms with Crippen molar-refractivity contribution in [1.82, 2.24) is 10.2 Å². The maximum atomic E-state index is 11.5. The Morgan fingerprint density at radius 2 is 2.25 bits per heavy atom. The molecular formula is C13H18N2O. The van der Waals surface area contributed by atoms with E-state index < -0.39 is 0 Å². The molecule has 3 heteroatoms. The Labute approximate surface area is 96.5 Å². The summed E-state index contributed by atoms with van der Waals surface area (Å²) < 4.78 is 0. The van der Waals surface area contributed by atoms with E-state index >= 15 is 0 Å². The maximum Gasteiger partial charge on any atom is 0.317 e. The van der Waals surface area contributed by atoms with Crippen molar-refractivity contribution in [3.8, 4) is 0 Å². The molecule has 1 aromatic carbocycles. The molecule has 16 heavy (non-hydrogen) atoms. The molecular weight excluding hydrogens is 200 g/mol. The minimum atomic E-state index is 0.0209. The number of urea groups is 1. The van der Waals surface area contributed by atoms with Crippen molar-refractivity contribution in [2.75, 3.05) is 13.6 Å². The fourth-order valence-electron chi connectivity index (χ4n) is 2.16. The summed E-state index contributed by atoms with van der Waals surface area (Å²) in [5.74, 6) is 0. The van der Waals surface area contributed by atoms with Crippen LogP contribution in [0.5, 0.6) is 0 Å². The van der Waals surface area contributed by atoms with E-state index in [1.807, 2.05) is 4.90 Å². The number of nitrogens with one attached hydrogen (secondary N) is 1. The Balaban J connectivity index is 2.21. The van der Waals surface area contributed by atoms with Crippen LogP contribution in [0.1, 0.15) is 23.6 Å². The third kappa shape index (κ3) is 2.03. The Hall–Kier alpha value is -1.51. The largest absolute Gasteiger partial charge is 0.341 e. The van der Waals surface area contributed by atoms with Crippen LogP contribution in [0, 0.1) is 0 Å². The molecule has 0 unspecified atom stereocenters. The van der Waals surface area contributed by atoms with Crippen molar-refractivity contribution >= 4 is 6.03 Å². The topological polar surface area (TPSA) is 32.3 Å². The first-order valence-electron chi connectivity index (χ1n) is 5.82. The molecule has 1 heterocycles. The molecule has 2 amide bonds. The number of hydrogen-bond acceptors (Lipinski definition) is 1. The normalized spacial score (nSPS) is 14.5. The van der Waals surface area contributed by atoms with Crippen molar-refractivity contribution in [2.45, 2.75) is 26.3 Å². The van der Waals surface area contributed by atoms with Gasteiger partial charge in [-0.15, -0.1) is 0 Å². The van der Waals surface area contributed by atoms with Gasteiger partial charge in [0.2, 0.25) is 0 Å². The van der Waals surface area contributed by atoms with Gasteiger partial charge in [0.15, 0.2) is 0 Å². The first kappa shape index (κ1) is 11.0. The Kier molecular flexibility index (Phi) is 3.13. The summed E-state index contributed by atoms with van der Waals surface area (Å²) in [6.07, 6.45) is 2.01. The molecule has 0 bridgehead atoms. The molecule has 0 saturated heterocycles. The van der Waals surface area contributed by atoms with Gasteiger partial charge in [-0.2, -0.15) is 0 Å². The van der Waals surface area contributed by atoms with Gasteiger partial charge in [-0.25, -0.2) is 4.79 Å². The molecule has 0 radical (unpaired) electrons. The van der Waals surface area contributed by atoms with Crippen LogP contribution < -0.4 is 5.32 Å². The van der Waals surface area contributed by atoms with Crippen LogP contribution in [0.15, 0.2) is 18.2 Å². The van der Waals surface area contributed by atoms with E-state index in [2.05, 4.69) is 30.4 Å². The number of aryl methyl sites for hydroxylation is 1. The summed E-state index contributed by atoms with van der Waals surface area (Å²) in [6, 6.07) is 6.64. The fraction of sp³-hybridized carbons (Fsp3) is 0.462. The van der Waals surface area contributed by atoms with E-state index in [0.29, 0.717) is 0 Å². The minimum Gasteiger partial charge on any atom is -0.341 e. The molecule has 0 fully saturated rings. The van der Waals surface area contributed by atoms with Crippen molar-refractivity contribution in [3.05, 3.63) is 34.9 Å². The number of amides is 2. The molecule has 0 aromatic heterocycles. The highest BCUT2D eigenvalue weighted by atomic mass is 16.2. The molecule has 1 aliphatic heterocycles. The predicted octanol–water partition coefficient (Wildman–Crippen LogP) is 1.95. The lowest BCUT2D eigenvalue weighted by Gasteiger charge is -2.28. The molecule has 3 nitrogen and oxygen atoms in total. The molecule has 0 aliphatic carbocycles. The van der Waals surface area contributed by atoms with Gasteiger partial charge in [0.05, 0.1) is 0 Å². The first-order valence-corrected chi connectivity index (χ1v) is 5.82. The number of benzene rings is 1. The van der Waals surface area contributed by atoms with Crippen LogP contribution in [0.4, 0.5) is 4.79 Å². The van der Waals surface area contributed by atoms with Crippen molar-refractivity contribution < 1.29 is 4.79 Å². The molecule has 0 atom stereocenters. The van der Waals surface area contributed by atoms with E-state index in [0.717, 1.165) is 25.9 Å². The highest BCUT2D eigenvalue weighted by Crippen LogP contribution is 2.20. The number of fused-ring (bicyclic) bond motifs is 1. The molecule has 0 saturated carbocycles. The summed E-state index contributed by atoms with van der Waals surface area (Å²) in [5.41, 5.74) is 4.03. The average Bonchev–Trinajstić information content (AvgIpc) is 2.36. The van der Waals surface area contributed by atoms with Crippen LogP contribution in [0.2, 0.25) is 0 Å². The predicted molar refractivity (Wildman–Crippen MR) is 64.4 cm³/mol. The van der Waals surface area contributed by atoms with Gasteiger partial charge >= 0.3 is 6.03 Å². The van der Waals surface area contributed by atoms with Gasteiger partial charge in [-0.05, 0) is 29.5 Å². The summed E-state index contributed by atoms with van der Waals surface area (Å²) in [7, 11) is 1.68. The fourth-order valence-corrected chi connectivity index (χ4v) is 2.16. The van der Waals surface area contributed by atoms with Crippen LogP contribution in [-0.2, 0) is 19.4 Å². The van der Waals surface area contributed by atoms with Crippen LogP contribution in [0.25, 0.3) is 0 Å². The summed E-state index contributed by atoms with van der Waals surface area (Å²) in [5, 5.41) is 2.68. The molecule has 1 N–H and O–H groups in total. The summed E-state index contributed by atoms with van der Waals surface area (Å²) >= 11 is 0. The number of rotatable bonds is 1. The van der Waals surface area contributed by atoms with Gasteiger partial charge in [-0.3, -0.25) is 0 Å². The quantitative estimate of drug-likeness (QED) is 0.767. The van der Waals surface area contributed by atoms with Crippen LogP contribution in [-0.4, -0.2) is 24.5 Å². The molecule has 2 rings (SSSR count). The van der Waals surface area contributed by atoms with E-state index in [4.69, 9.17) is 0 Å². The Morgan fingerprint density at radius 1 is 1.44 bits per heavy atom. The lowest BCUT2D eigenvalue weighted by Crippen LogP contribution is -2.41. The third-order valence-corrected chi connectivity index (χ3v) is 3.19. The van der Waals surface area contributed by atoms with Gasteiger partial charge in [0, 0.05) is 20.1 Å². The second-order valence-corrected chi connectivity index (χ2v) is 4.18. The van der Waals surface area contributed by atoms with E-state index in [-0.39, 0.29) is 6.03 Å². The van der Waals surface area contributed by atoms with Gasteiger partial charge in [0.1, 0.15) is 0 Å². The third-order valence-electron chi connectivity index (χ3n) is 3.19. The van der Waals surface area contributed by atoms with Gasteiger partial charge < -0.3 is 10.2 Å². The molecule has 0 spiro atoms. The second-order valence-electron chi connectivity index (χ2n) is 4.18. The second kappa shape index (κ2) is 4.56. The van der Waals surface area contributed by atoms with Gasteiger partial charge in [0.25, 0.3) is 0 Å². The zero-order valence-electron chi connectivity index (χ0n) is 9.92. The summed E-state index contributed by atoms with van der Waals surface area (Å²) in [6.45, 7) is 3.71. The van der Waals surface area contributed by atoms with Crippen LogP contribution in [0.3, 0.4) is 0 Å². The molecule has 1 aromatic rings. The highest BCUT2D eigenvalue weighted by molar-refractivity contribution is 5.74. The zero-order valence-corrected chi connectivity index (χ0v) is 9.92. The SMILES string of the molecule is CCc1ccc2c(c1)CN(C(=O)NC)CC2. The molecule has 86 valence electrons. The van der Waals surface area contributed by atoms with Gasteiger partial charge in [-0.1, -0.05) is 25.1 Å². The first-order chi connectivity index (χ1) is 7.74. The monoisotopic (exact) mass is 218 g/mol. The summed E-state index contributed by atoms with van der Waals surface area (Å²) in [4.78, 5) is 13.4. The van der Waals surface area contributed by atoms with Crippen LogP contribution >= 0.6 is 0 Å². The van der Waals surface area contributed by atoms with Crippen molar-refractivity contribution in [2.24, 2.45) is 0 Å². The van der Waals surface area contributed by atoms with E-state index in [1.165, 1.54) is 16.7 Å². The van der Waals surface area contributed by atoms with E-state index in [9.17, 15) is 4.79 Å². The lowest BCUT2D eigenvalue weighted by molar-refractivity contribution is 0.194. The number of hydrogen-bond donors (Lipinski definition) is 1. The number of nitrogens with zero attached hydrogens (tertiary/aromatic N) is 1. The Bertz CT molecular complexity index is 401. The highest BCUT2D eigenvalue weighted by Gasteiger charge is 2.19.